The van der Waals surface area contributed by atoms with Crippen LogP contribution in [0.25, 0.3) is 0 Å². The van der Waals surface area contributed by atoms with E-state index in [-0.39, 0.29) is 19.4 Å². The third-order valence-corrected chi connectivity index (χ3v) is 3.31. The predicted octanol–water partition coefficient (Wildman–Crippen LogP) is 1.32. The Morgan fingerprint density at radius 3 is 2.67 bits per heavy atom. The van der Waals surface area contributed by atoms with Gasteiger partial charge in [0.25, 0.3) is 0 Å². The number of carbonyl (C=O) groups excluding carboxylic acids is 3. The highest BCUT2D eigenvalue weighted by atomic mass is 35.5. The van der Waals surface area contributed by atoms with Crippen molar-refractivity contribution in [3.63, 3.8) is 0 Å². The van der Waals surface area contributed by atoms with Crippen molar-refractivity contribution in [3.05, 3.63) is 35.9 Å². The van der Waals surface area contributed by atoms with Crippen molar-refractivity contribution in [1.82, 2.24) is 5.48 Å². The van der Waals surface area contributed by atoms with E-state index in [9.17, 15) is 14.4 Å². The summed E-state index contributed by atoms with van der Waals surface area (Å²) in [4.78, 5) is 38.9. The van der Waals surface area contributed by atoms with Crippen LogP contribution < -0.4 is 5.48 Å². The Kier molecular flexibility index (Phi) is 5.30. The van der Waals surface area contributed by atoms with Crippen molar-refractivity contribution in [1.29, 1.82) is 0 Å². The maximum Gasteiger partial charge on any atom is 0.330 e. The highest BCUT2D eigenvalue weighted by molar-refractivity contribution is 6.63. The number of halogens is 1. The normalized spacial score (nSPS) is 20.9. The number of rotatable bonds is 6. The molecule has 2 atom stereocenters. The lowest BCUT2D eigenvalue weighted by molar-refractivity contribution is -0.149. The Hall–Kier alpha value is -1.92. The zero-order valence-corrected chi connectivity index (χ0v) is 11.8. The maximum atomic E-state index is 12.0. The smallest absolute Gasteiger partial charge is 0.330 e. The zero-order valence-electron chi connectivity index (χ0n) is 11.1. The van der Waals surface area contributed by atoms with E-state index in [2.05, 4.69) is 10.3 Å². The van der Waals surface area contributed by atoms with Gasteiger partial charge in [-0.15, -0.1) is 5.48 Å². The molecule has 0 radical (unpaired) electrons. The van der Waals surface area contributed by atoms with E-state index < -0.39 is 29.1 Å². The molecule has 0 saturated carbocycles. The average molecular weight is 312 g/mol. The molecule has 6 nitrogen and oxygen atoms in total. The molecule has 1 aromatic rings. The molecule has 0 spiro atoms. The molecule has 0 amide bonds. The largest absolute Gasteiger partial charge is 0.460 e. The average Bonchev–Trinajstić information content (AvgIpc) is 2.85. The number of nitrogens with one attached hydrogen (secondary N) is 1. The summed E-state index contributed by atoms with van der Waals surface area (Å²) < 4.78 is 5.15. The molecule has 21 heavy (non-hydrogen) atoms. The van der Waals surface area contributed by atoms with Gasteiger partial charge >= 0.3 is 11.9 Å². The number of hydrogen-bond donors (Lipinski definition) is 1. The van der Waals surface area contributed by atoms with E-state index in [1.54, 1.807) is 0 Å². The summed E-state index contributed by atoms with van der Waals surface area (Å²) in [5.41, 5.74) is 3.17. The summed E-state index contributed by atoms with van der Waals surface area (Å²) in [7, 11) is 0. The quantitative estimate of drug-likeness (QED) is 0.630. The molecule has 112 valence electrons. The van der Waals surface area contributed by atoms with Gasteiger partial charge in [0.05, 0.1) is 5.92 Å². The Morgan fingerprint density at radius 1 is 1.29 bits per heavy atom. The van der Waals surface area contributed by atoms with Gasteiger partial charge < -0.3 is 9.57 Å². The van der Waals surface area contributed by atoms with E-state index >= 15 is 0 Å². The Bertz CT molecular complexity index is 533. The fraction of sp³-hybridized carbons (Fsp3) is 0.357. The first-order valence-electron chi connectivity index (χ1n) is 6.43. The highest BCUT2D eigenvalue weighted by Crippen LogP contribution is 2.21. The first-order chi connectivity index (χ1) is 10.1. The molecule has 1 saturated heterocycles. The van der Waals surface area contributed by atoms with Crippen LogP contribution >= 0.6 is 11.6 Å². The summed E-state index contributed by atoms with van der Waals surface area (Å²) in [5.74, 6) is -1.96. The van der Waals surface area contributed by atoms with Crippen LogP contribution in [0.3, 0.4) is 0 Å². The van der Waals surface area contributed by atoms with Gasteiger partial charge in [0.2, 0.25) is 5.24 Å². The van der Waals surface area contributed by atoms with Gasteiger partial charge in [-0.1, -0.05) is 30.3 Å². The van der Waals surface area contributed by atoms with E-state index in [0.717, 1.165) is 5.56 Å². The second-order valence-electron chi connectivity index (χ2n) is 4.61. The molecule has 0 bridgehead atoms. The van der Waals surface area contributed by atoms with Gasteiger partial charge in [-0.05, 0) is 23.6 Å². The Balaban J connectivity index is 1.91. The lowest BCUT2D eigenvalue weighted by atomic mass is 9.96. The highest BCUT2D eigenvalue weighted by Gasteiger charge is 2.42. The van der Waals surface area contributed by atoms with Crippen molar-refractivity contribution in [2.24, 2.45) is 5.92 Å². The minimum absolute atomic E-state index is 0.00846. The van der Waals surface area contributed by atoms with Crippen LogP contribution in [0.15, 0.2) is 30.3 Å². The topological polar surface area (TPSA) is 81.7 Å². The van der Waals surface area contributed by atoms with Crippen LogP contribution in [-0.2, 0) is 30.6 Å². The van der Waals surface area contributed by atoms with Crippen molar-refractivity contribution in [2.45, 2.75) is 25.5 Å². The molecule has 1 aliphatic heterocycles. The van der Waals surface area contributed by atoms with Crippen molar-refractivity contribution in [2.75, 3.05) is 0 Å². The molecule has 1 fully saturated rings. The van der Waals surface area contributed by atoms with Crippen molar-refractivity contribution in [3.8, 4) is 0 Å². The standard InChI is InChI=1S/C14H14ClNO5/c15-11(17)7-6-10-12(16-21-13(10)18)14(19)20-8-9-4-2-1-3-5-9/h1-5,10,12,16H,6-8H2. The van der Waals surface area contributed by atoms with Gasteiger partial charge in [0.1, 0.15) is 6.61 Å². The number of hydroxylamine groups is 1. The number of esters is 1. The van der Waals surface area contributed by atoms with Gasteiger partial charge in [-0.25, -0.2) is 4.79 Å². The fourth-order valence-electron chi connectivity index (χ4n) is 2.00. The van der Waals surface area contributed by atoms with Crippen LogP contribution in [-0.4, -0.2) is 23.2 Å². The predicted molar refractivity (Wildman–Crippen MR) is 72.8 cm³/mol. The molecule has 2 unspecified atom stereocenters. The molecule has 2 rings (SSSR count). The maximum absolute atomic E-state index is 12.0. The SMILES string of the molecule is O=C(Cl)CCC1C(=O)ONC1C(=O)OCc1ccccc1. The molecular formula is C14H14ClNO5. The molecule has 1 heterocycles. The summed E-state index contributed by atoms with van der Waals surface area (Å²) in [6.07, 6.45) is 0.130. The third kappa shape index (κ3) is 4.27. The van der Waals surface area contributed by atoms with Crippen LogP contribution in [0.5, 0.6) is 0 Å². The van der Waals surface area contributed by atoms with Gasteiger partial charge in [-0.3, -0.25) is 9.59 Å². The van der Waals surface area contributed by atoms with E-state index in [1.165, 1.54) is 0 Å². The van der Waals surface area contributed by atoms with Gasteiger partial charge in [0.15, 0.2) is 6.04 Å². The minimum atomic E-state index is -0.919. The second-order valence-corrected chi connectivity index (χ2v) is 5.03. The zero-order chi connectivity index (χ0) is 15.2. The number of ether oxygens (including phenoxy) is 1. The van der Waals surface area contributed by atoms with Crippen molar-refractivity contribution >= 4 is 28.8 Å². The molecule has 0 aromatic heterocycles. The number of benzene rings is 1. The number of carbonyl (C=O) groups is 3. The first kappa shape index (κ1) is 15.5. The molecule has 1 N–H and O–H groups in total. The summed E-state index contributed by atoms with van der Waals surface area (Å²) in [5, 5.41) is -0.564. The molecule has 7 heteroatoms. The lowest BCUT2D eigenvalue weighted by Gasteiger charge is -2.13. The fourth-order valence-corrected chi connectivity index (χ4v) is 2.11. The number of hydrogen-bond acceptors (Lipinski definition) is 6. The lowest BCUT2D eigenvalue weighted by Crippen LogP contribution is -2.37. The summed E-state index contributed by atoms with van der Waals surface area (Å²) >= 11 is 5.24. The van der Waals surface area contributed by atoms with Crippen molar-refractivity contribution < 1.29 is 24.0 Å². The third-order valence-electron chi connectivity index (χ3n) is 3.12. The van der Waals surface area contributed by atoms with Gasteiger partial charge in [-0.2, -0.15) is 0 Å². The molecule has 1 aromatic carbocycles. The molecule has 0 aliphatic carbocycles. The monoisotopic (exact) mass is 311 g/mol. The van der Waals surface area contributed by atoms with Crippen LogP contribution in [0, 0.1) is 5.92 Å². The van der Waals surface area contributed by atoms with E-state index in [0.29, 0.717) is 0 Å². The van der Waals surface area contributed by atoms with Gasteiger partial charge in [0, 0.05) is 6.42 Å². The molecule has 1 aliphatic rings. The van der Waals surface area contributed by atoms with E-state index in [1.807, 2.05) is 30.3 Å². The van der Waals surface area contributed by atoms with E-state index in [4.69, 9.17) is 16.3 Å². The second kappa shape index (κ2) is 7.19. The Morgan fingerprint density at radius 2 is 2.00 bits per heavy atom. The minimum Gasteiger partial charge on any atom is -0.460 e. The molecular weight excluding hydrogens is 298 g/mol. The van der Waals surface area contributed by atoms with Crippen LogP contribution in [0.4, 0.5) is 0 Å². The Labute approximate surface area is 126 Å². The summed E-state index contributed by atoms with van der Waals surface area (Å²) in [6, 6.07) is 8.24. The van der Waals surface area contributed by atoms with Crippen LogP contribution in [0.2, 0.25) is 0 Å². The van der Waals surface area contributed by atoms with Crippen LogP contribution in [0.1, 0.15) is 18.4 Å². The first-order valence-corrected chi connectivity index (χ1v) is 6.81. The summed E-state index contributed by atoms with van der Waals surface area (Å²) in [6.45, 7) is 0.104.